The number of hydrogen-bond acceptors (Lipinski definition) is 3. The molecule has 10 rings (SSSR count). The molecule has 0 radical (unpaired) electrons. The van der Waals surface area contributed by atoms with Crippen molar-refractivity contribution in [3.05, 3.63) is 193 Å². The number of oxazole rings is 1. The fourth-order valence-electron chi connectivity index (χ4n) is 8.18. The molecule has 3 nitrogen and oxygen atoms in total. The molecule has 0 amide bonds. The van der Waals surface area contributed by atoms with Crippen LogP contribution in [-0.2, 0) is 5.41 Å². The van der Waals surface area contributed by atoms with Crippen molar-refractivity contribution in [3.63, 3.8) is 0 Å². The molecule has 252 valence electrons. The van der Waals surface area contributed by atoms with Gasteiger partial charge in [-0.15, -0.1) is 0 Å². The molecule has 8 aromatic carbocycles. The Morgan fingerprint density at radius 1 is 0.453 bits per heavy atom. The SMILES string of the molecule is CC1(C)c2cc(N(c3cccc(-c4ccccc4)c3)c3cccc(-c4ccc5ccccc5c4)c3)ccc2-c2c(-c3nc4ccccc4o3)cccc21. The van der Waals surface area contributed by atoms with Gasteiger partial charge < -0.3 is 9.32 Å². The molecule has 1 aliphatic rings. The van der Waals surface area contributed by atoms with Gasteiger partial charge in [0.05, 0.1) is 0 Å². The molecule has 1 aliphatic carbocycles. The lowest BCUT2D eigenvalue weighted by Crippen LogP contribution is -2.16. The number of anilines is 3. The highest BCUT2D eigenvalue weighted by atomic mass is 16.3. The van der Waals surface area contributed by atoms with Crippen molar-refractivity contribution < 1.29 is 4.42 Å². The highest BCUT2D eigenvalue weighted by Gasteiger charge is 2.38. The number of benzene rings is 8. The van der Waals surface area contributed by atoms with E-state index in [9.17, 15) is 0 Å². The molecular weight excluding hydrogens is 645 g/mol. The molecule has 0 aliphatic heterocycles. The quantitative estimate of drug-likeness (QED) is 0.175. The first-order valence-corrected chi connectivity index (χ1v) is 18.2. The number of aromatic nitrogens is 1. The van der Waals surface area contributed by atoms with E-state index in [2.05, 4.69) is 176 Å². The van der Waals surface area contributed by atoms with Crippen molar-refractivity contribution in [3.8, 4) is 44.8 Å². The van der Waals surface area contributed by atoms with Crippen LogP contribution in [0.1, 0.15) is 25.0 Å². The Balaban J connectivity index is 1.14. The maximum atomic E-state index is 6.34. The Morgan fingerprint density at radius 3 is 1.89 bits per heavy atom. The second-order valence-corrected chi connectivity index (χ2v) is 14.4. The van der Waals surface area contributed by atoms with Gasteiger partial charge in [-0.05, 0) is 116 Å². The van der Waals surface area contributed by atoms with Gasteiger partial charge in [0.1, 0.15) is 5.52 Å². The molecule has 0 bridgehead atoms. The molecule has 0 N–H and O–H groups in total. The summed E-state index contributed by atoms with van der Waals surface area (Å²) in [4.78, 5) is 7.32. The van der Waals surface area contributed by atoms with Crippen LogP contribution < -0.4 is 4.90 Å². The normalized spacial score (nSPS) is 12.9. The Hall–Kier alpha value is -6.71. The van der Waals surface area contributed by atoms with Gasteiger partial charge in [0, 0.05) is 28.0 Å². The van der Waals surface area contributed by atoms with Crippen LogP contribution in [0.15, 0.2) is 186 Å². The Kier molecular flexibility index (Phi) is 7.16. The smallest absolute Gasteiger partial charge is 0.227 e. The second-order valence-electron chi connectivity index (χ2n) is 14.4. The first kappa shape index (κ1) is 31.1. The third-order valence-corrected chi connectivity index (χ3v) is 10.9. The molecule has 0 spiro atoms. The van der Waals surface area contributed by atoms with Crippen LogP contribution >= 0.6 is 0 Å². The van der Waals surface area contributed by atoms with Gasteiger partial charge in [-0.2, -0.15) is 0 Å². The molecule has 53 heavy (non-hydrogen) atoms. The largest absolute Gasteiger partial charge is 0.436 e. The van der Waals surface area contributed by atoms with Gasteiger partial charge in [0.25, 0.3) is 0 Å². The van der Waals surface area contributed by atoms with E-state index >= 15 is 0 Å². The molecule has 9 aromatic rings. The maximum absolute atomic E-state index is 6.34. The van der Waals surface area contributed by atoms with Crippen LogP contribution in [0, 0.1) is 0 Å². The van der Waals surface area contributed by atoms with Crippen LogP contribution in [0.25, 0.3) is 66.7 Å². The summed E-state index contributed by atoms with van der Waals surface area (Å²) < 4.78 is 6.34. The van der Waals surface area contributed by atoms with E-state index in [4.69, 9.17) is 9.40 Å². The van der Waals surface area contributed by atoms with Crippen molar-refractivity contribution in [2.24, 2.45) is 0 Å². The summed E-state index contributed by atoms with van der Waals surface area (Å²) in [6.07, 6.45) is 0. The predicted octanol–water partition coefficient (Wildman–Crippen LogP) is 13.8. The monoisotopic (exact) mass is 680 g/mol. The fourth-order valence-corrected chi connectivity index (χ4v) is 8.18. The molecule has 0 saturated heterocycles. The van der Waals surface area contributed by atoms with E-state index in [1.165, 1.54) is 55.3 Å². The Labute approximate surface area is 309 Å². The minimum absolute atomic E-state index is 0.243. The summed E-state index contributed by atoms with van der Waals surface area (Å²) in [7, 11) is 0. The minimum Gasteiger partial charge on any atom is -0.436 e. The second kappa shape index (κ2) is 12.2. The van der Waals surface area contributed by atoms with Crippen LogP contribution in [0.4, 0.5) is 17.1 Å². The summed E-state index contributed by atoms with van der Waals surface area (Å²) in [6.45, 7) is 4.66. The first-order chi connectivity index (χ1) is 26.0. The Bertz CT molecular complexity index is 2800. The lowest BCUT2D eigenvalue weighted by molar-refractivity contribution is 0.619. The highest BCUT2D eigenvalue weighted by Crippen LogP contribution is 2.54. The van der Waals surface area contributed by atoms with E-state index in [1.807, 2.05) is 24.3 Å². The van der Waals surface area contributed by atoms with Gasteiger partial charge in [0.2, 0.25) is 5.89 Å². The van der Waals surface area contributed by atoms with Crippen LogP contribution in [-0.4, -0.2) is 4.98 Å². The summed E-state index contributed by atoms with van der Waals surface area (Å²) in [5.74, 6) is 0.653. The van der Waals surface area contributed by atoms with E-state index in [1.54, 1.807) is 0 Å². The molecule has 0 fully saturated rings. The standard InChI is InChI=1S/C50H36N2O/c1-50(2)44-22-12-21-43(49-51-46-23-8-9-24-47(46)53-49)48(44)42-28-27-41(32-45(42)50)52(39-19-10-17-36(30-39)33-13-4-3-5-14-33)40-20-11-18-37(31-40)38-26-25-34-15-6-7-16-35(34)29-38/h3-32H,1-2H3. The molecule has 0 unspecified atom stereocenters. The first-order valence-electron chi connectivity index (χ1n) is 18.2. The minimum atomic E-state index is -0.243. The number of rotatable bonds is 6. The van der Waals surface area contributed by atoms with Gasteiger partial charge in [-0.25, -0.2) is 4.98 Å². The van der Waals surface area contributed by atoms with Gasteiger partial charge >= 0.3 is 0 Å². The fraction of sp³-hybridized carbons (Fsp3) is 0.0600. The van der Waals surface area contributed by atoms with E-state index in [0.29, 0.717) is 5.89 Å². The Morgan fingerprint density at radius 2 is 1.09 bits per heavy atom. The average Bonchev–Trinajstić information content (AvgIpc) is 3.75. The van der Waals surface area contributed by atoms with Gasteiger partial charge in [-0.1, -0.05) is 135 Å². The average molecular weight is 681 g/mol. The highest BCUT2D eigenvalue weighted by molar-refractivity contribution is 5.94. The number of para-hydroxylation sites is 2. The zero-order valence-electron chi connectivity index (χ0n) is 29.6. The van der Waals surface area contributed by atoms with Crippen LogP contribution in [0.2, 0.25) is 0 Å². The molecule has 0 atom stereocenters. The topological polar surface area (TPSA) is 29.3 Å². The van der Waals surface area contributed by atoms with Gasteiger partial charge in [0.15, 0.2) is 5.58 Å². The lowest BCUT2D eigenvalue weighted by Gasteiger charge is -2.29. The van der Waals surface area contributed by atoms with Gasteiger partial charge in [-0.3, -0.25) is 0 Å². The van der Waals surface area contributed by atoms with Crippen LogP contribution in [0.3, 0.4) is 0 Å². The van der Waals surface area contributed by atoms with Crippen molar-refractivity contribution in [2.75, 3.05) is 4.90 Å². The lowest BCUT2D eigenvalue weighted by atomic mass is 9.82. The molecule has 0 saturated carbocycles. The third kappa shape index (κ3) is 5.24. The number of nitrogens with zero attached hydrogens (tertiary/aromatic N) is 2. The molecular formula is C50H36N2O. The van der Waals surface area contributed by atoms with E-state index in [-0.39, 0.29) is 5.41 Å². The van der Waals surface area contributed by atoms with E-state index in [0.717, 1.165) is 33.7 Å². The summed E-state index contributed by atoms with van der Waals surface area (Å²) in [5, 5.41) is 2.48. The summed E-state index contributed by atoms with van der Waals surface area (Å²) >= 11 is 0. The van der Waals surface area contributed by atoms with Crippen molar-refractivity contribution in [1.29, 1.82) is 0 Å². The van der Waals surface area contributed by atoms with Crippen molar-refractivity contribution in [2.45, 2.75) is 19.3 Å². The third-order valence-electron chi connectivity index (χ3n) is 10.9. The zero-order chi connectivity index (χ0) is 35.5. The van der Waals surface area contributed by atoms with Crippen LogP contribution in [0.5, 0.6) is 0 Å². The summed E-state index contributed by atoms with van der Waals surface area (Å²) in [6, 6.07) is 65.2. The molecule has 1 aromatic heterocycles. The molecule has 3 heteroatoms. The summed E-state index contributed by atoms with van der Waals surface area (Å²) in [5.41, 5.74) is 15.5. The predicted molar refractivity (Wildman–Crippen MR) is 220 cm³/mol. The van der Waals surface area contributed by atoms with Crippen molar-refractivity contribution >= 4 is 38.9 Å². The molecule has 1 heterocycles. The number of fused-ring (bicyclic) bond motifs is 5. The zero-order valence-corrected chi connectivity index (χ0v) is 29.6. The van der Waals surface area contributed by atoms with E-state index < -0.39 is 0 Å². The maximum Gasteiger partial charge on any atom is 0.227 e. The number of hydrogen-bond donors (Lipinski definition) is 0. The van der Waals surface area contributed by atoms with Crippen molar-refractivity contribution in [1.82, 2.24) is 4.98 Å².